The summed E-state index contributed by atoms with van der Waals surface area (Å²) in [5.74, 6) is -0.0341. The molecule has 0 aromatic carbocycles. The summed E-state index contributed by atoms with van der Waals surface area (Å²) in [4.78, 5) is 17.1. The smallest absolute Gasteiger partial charge is 0.226 e. The highest BCUT2D eigenvalue weighted by molar-refractivity contribution is 7.10. The van der Waals surface area contributed by atoms with Crippen LogP contribution in [0.15, 0.2) is 35.8 Å². The number of nitrogens with zero attached hydrogens (tertiary/aromatic N) is 1. The van der Waals surface area contributed by atoms with Crippen molar-refractivity contribution in [1.82, 2.24) is 10.3 Å². The number of pyridine rings is 1. The zero-order valence-corrected chi connectivity index (χ0v) is 10.9. The quantitative estimate of drug-likeness (QED) is 0.886. The van der Waals surface area contributed by atoms with E-state index in [0.717, 1.165) is 10.6 Å². The lowest BCUT2D eigenvalue weighted by Crippen LogP contribution is -2.27. The molecule has 0 spiro atoms. The molecule has 1 amide bonds. The van der Waals surface area contributed by atoms with Crippen LogP contribution in [0.2, 0.25) is 0 Å². The van der Waals surface area contributed by atoms with Crippen LogP contribution in [0, 0.1) is 0 Å². The van der Waals surface area contributed by atoms with E-state index in [0.29, 0.717) is 5.69 Å². The Bertz CT molecular complexity index is 508. The highest BCUT2D eigenvalue weighted by Gasteiger charge is 2.11. The predicted molar refractivity (Wildman–Crippen MR) is 73.2 cm³/mol. The molecule has 1 atom stereocenters. The second kappa shape index (κ2) is 5.64. The van der Waals surface area contributed by atoms with E-state index >= 15 is 0 Å². The maximum Gasteiger partial charge on any atom is 0.226 e. The monoisotopic (exact) mass is 261 g/mol. The summed E-state index contributed by atoms with van der Waals surface area (Å²) in [7, 11) is 0. The van der Waals surface area contributed by atoms with Crippen molar-refractivity contribution in [2.75, 3.05) is 5.73 Å². The third kappa shape index (κ3) is 3.30. The molecular formula is C13H15N3OS. The van der Waals surface area contributed by atoms with Crippen molar-refractivity contribution in [1.29, 1.82) is 0 Å². The van der Waals surface area contributed by atoms with E-state index in [9.17, 15) is 4.79 Å². The van der Waals surface area contributed by atoms with Gasteiger partial charge in [0.25, 0.3) is 0 Å². The highest BCUT2D eigenvalue weighted by atomic mass is 32.1. The maximum absolute atomic E-state index is 11.8. The first-order valence-corrected chi connectivity index (χ1v) is 6.56. The average molecular weight is 261 g/mol. The van der Waals surface area contributed by atoms with Crippen molar-refractivity contribution < 1.29 is 4.79 Å². The van der Waals surface area contributed by atoms with Gasteiger partial charge < -0.3 is 11.1 Å². The van der Waals surface area contributed by atoms with Crippen LogP contribution in [-0.2, 0) is 11.2 Å². The van der Waals surface area contributed by atoms with E-state index < -0.39 is 0 Å². The fourth-order valence-corrected chi connectivity index (χ4v) is 2.34. The van der Waals surface area contributed by atoms with Gasteiger partial charge in [-0.05, 0) is 30.5 Å². The first kappa shape index (κ1) is 12.6. The molecule has 0 bridgehead atoms. The van der Waals surface area contributed by atoms with Gasteiger partial charge in [0.1, 0.15) is 0 Å². The van der Waals surface area contributed by atoms with E-state index in [1.807, 2.05) is 24.4 Å². The number of rotatable bonds is 4. The Hall–Kier alpha value is -1.88. The van der Waals surface area contributed by atoms with Gasteiger partial charge in [0.15, 0.2) is 0 Å². The largest absolute Gasteiger partial charge is 0.397 e. The third-order valence-electron chi connectivity index (χ3n) is 2.54. The number of amides is 1. The molecule has 0 fully saturated rings. The number of hydrogen-bond acceptors (Lipinski definition) is 4. The predicted octanol–water partition coefficient (Wildman–Crippen LogP) is 2.15. The Morgan fingerprint density at radius 1 is 1.50 bits per heavy atom. The van der Waals surface area contributed by atoms with Crippen LogP contribution in [0.25, 0.3) is 0 Å². The lowest BCUT2D eigenvalue weighted by atomic mass is 10.2. The van der Waals surface area contributed by atoms with E-state index in [1.165, 1.54) is 0 Å². The number of aromatic nitrogens is 1. The van der Waals surface area contributed by atoms with Crippen LogP contribution in [0.1, 0.15) is 23.5 Å². The molecule has 0 saturated heterocycles. The standard InChI is InChI=1S/C13H15N3OS/c1-9(12-3-2-6-18-12)16-13(17)7-11-5-4-10(14)8-15-11/h2-6,8-9H,7,14H2,1H3,(H,16,17)/t9-/m0/s1. The molecule has 0 unspecified atom stereocenters. The van der Waals surface area contributed by atoms with Gasteiger partial charge in [-0.3, -0.25) is 9.78 Å². The topological polar surface area (TPSA) is 68.0 Å². The molecule has 2 heterocycles. The van der Waals surface area contributed by atoms with Crippen molar-refractivity contribution >= 4 is 22.9 Å². The van der Waals surface area contributed by atoms with Gasteiger partial charge in [0, 0.05) is 10.6 Å². The number of carbonyl (C=O) groups is 1. The Morgan fingerprint density at radius 2 is 2.33 bits per heavy atom. The lowest BCUT2D eigenvalue weighted by Gasteiger charge is -2.11. The SMILES string of the molecule is C[C@H](NC(=O)Cc1ccc(N)cn1)c1cccs1. The number of hydrogen-bond donors (Lipinski definition) is 2. The molecular weight excluding hydrogens is 246 g/mol. The Kier molecular flexibility index (Phi) is 3.94. The van der Waals surface area contributed by atoms with Crippen molar-refractivity contribution in [3.8, 4) is 0 Å². The highest BCUT2D eigenvalue weighted by Crippen LogP contribution is 2.18. The summed E-state index contributed by atoms with van der Waals surface area (Å²) in [5.41, 5.74) is 6.87. The van der Waals surface area contributed by atoms with Gasteiger partial charge in [-0.15, -0.1) is 11.3 Å². The van der Waals surface area contributed by atoms with Crippen molar-refractivity contribution in [3.63, 3.8) is 0 Å². The number of thiophene rings is 1. The van der Waals surface area contributed by atoms with Gasteiger partial charge >= 0.3 is 0 Å². The molecule has 0 aliphatic carbocycles. The van der Waals surface area contributed by atoms with E-state index in [4.69, 9.17) is 5.73 Å². The van der Waals surface area contributed by atoms with Gasteiger partial charge in [-0.2, -0.15) is 0 Å². The first-order valence-electron chi connectivity index (χ1n) is 5.68. The molecule has 4 nitrogen and oxygen atoms in total. The van der Waals surface area contributed by atoms with Crippen LogP contribution >= 0.6 is 11.3 Å². The average Bonchev–Trinajstić information content (AvgIpc) is 2.85. The molecule has 0 aliphatic heterocycles. The summed E-state index contributed by atoms with van der Waals surface area (Å²) in [6.45, 7) is 1.97. The Balaban J connectivity index is 1.91. The molecule has 18 heavy (non-hydrogen) atoms. The fourth-order valence-electron chi connectivity index (χ4n) is 1.61. The van der Waals surface area contributed by atoms with Crippen LogP contribution in [0.3, 0.4) is 0 Å². The summed E-state index contributed by atoms with van der Waals surface area (Å²) < 4.78 is 0. The number of carbonyl (C=O) groups excluding carboxylic acids is 1. The molecule has 2 aromatic heterocycles. The Morgan fingerprint density at radius 3 is 2.94 bits per heavy atom. The molecule has 0 saturated carbocycles. The molecule has 5 heteroatoms. The number of nitrogen functional groups attached to an aromatic ring is 1. The van der Waals surface area contributed by atoms with Crippen LogP contribution < -0.4 is 11.1 Å². The molecule has 0 aliphatic rings. The van der Waals surface area contributed by atoms with Gasteiger partial charge in [-0.25, -0.2) is 0 Å². The zero-order chi connectivity index (χ0) is 13.0. The van der Waals surface area contributed by atoms with Crippen molar-refractivity contribution in [3.05, 3.63) is 46.4 Å². The minimum atomic E-state index is -0.0341. The van der Waals surface area contributed by atoms with Crippen LogP contribution in [0.5, 0.6) is 0 Å². The molecule has 3 N–H and O–H groups in total. The first-order chi connectivity index (χ1) is 8.65. The summed E-state index contributed by atoms with van der Waals surface area (Å²) in [5, 5.41) is 4.95. The van der Waals surface area contributed by atoms with Crippen molar-refractivity contribution in [2.45, 2.75) is 19.4 Å². The van der Waals surface area contributed by atoms with E-state index in [-0.39, 0.29) is 18.4 Å². The van der Waals surface area contributed by atoms with E-state index in [1.54, 1.807) is 29.7 Å². The Labute approximate surface area is 110 Å². The zero-order valence-electron chi connectivity index (χ0n) is 10.1. The summed E-state index contributed by atoms with van der Waals surface area (Å²) in [6.07, 6.45) is 1.83. The fraction of sp³-hybridized carbons (Fsp3) is 0.231. The lowest BCUT2D eigenvalue weighted by molar-refractivity contribution is -0.121. The number of anilines is 1. The van der Waals surface area contributed by atoms with Crippen LogP contribution in [-0.4, -0.2) is 10.9 Å². The van der Waals surface area contributed by atoms with E-state index in [2.05, 4.69) is 10.3 Å². The molecule has 2 rings (SSSR count). The number of nitrogens with two attached hydrogens (primary N) is 1. The second-order valence-electron chi connectivity index (χ2n) is 4.06. The van der Waals surface area contributed by atoms with Gasteiger partial charge in [-0.1, -0.05) is 6.07 Å². The minimum Gasteiger partial charge on any atom is -0.397 e. The second-order valence-corrected chi connectivity index (χ2v) is 5.04. The summed E-state index contributed by atoms with van der Waals surface area (Å²) in [6, 6.07) is 7.54. The molecule has 94 valence electrons. The normalized spacial score (nSPS) is 12.1. The summed E-state index contributed by atoms with van der Waals surface area (Å²) >= 11 is 1.63. The van der Waals surface area contributed by atoms with Gasteiger partial charge in [0.2, 0.25) is 5.91 Å². The van der Waals surface area contributed by atoms with Crippen LogP contribution in [0.4, 0.5) is 5.69 Å². The minimum absolute atomic E-state index is 0.0336. The van der Waals surface area contributed by atoms with Gasteiger partial charge in [0.05, 0.1) is 24.3 Å². The number of nitrogens with one attached hydrogen (secondary N) is 1. The van der Waals surface area contributed by atoms with Crippen molar-refractivity contribution in [2.24, 2.45) is 0 Å². The maximum atomic E-state index is 11.8. The third-order valence-corrected chi connectivity index (χ3v) is 3.59. The molecule has 0 radical (unpaired) electrons. The molecule has 2 aromatic rings.